The van der Waals surface area contributed by atoms with Crippen molar-refractivity contribution in [1.82, 2.24) is 14.5 Å². The number of aliphatic carboxylic acids is 1. The summed E-state index contributed by atoms with van der Waals surface area (Å²) in [6.07, 6.45) is 5.24. The van der Waals surface area contributed by atoms with Gasteiger partial charge in [0.05, 0.1) is 5.75 Å². The number of pyridine rings is 1. The number of carboxylic acids is 1. The lowest BCUT2D eigenvalue weighted by Gasteiger charge is -2.08. The molecule has 0 radical (unpaired) electrons. The highest BCUT2D eigenvalue weighted by atomic mass is 32.2. The second-order valence-electron chi connectivity index (χ2n) is 3.81. The highest BCUT2D eigenvalue weighted by Crippen LogP contribution is 2.19. The van der Waals surface area contributed by atoms with Crippen LogP contribution < -0.4 is 0 Å². The van der Waals surface area contributed by atoms with Crippen molar-refractivity contribution in [2.75, 3.05) is 5.75 Å². The summed E-state index contributed by atoms with van der Waals surface area (Å²) in [6, 6.07) is 3.87. The second kappa shape index (κ2) is 5.68. The lowest BCUT2D eigenvalue weighted by atomic mass is 10.2. The lowest BCUT2D eigenvalue weighted by molar-refractivity contribution is -0.133. The van der Waals surface area contributed by atoms with E-state index in [1.54, 1.807) is 18.6 Å². The minimum absolute atomic E-state index is 0.0206. The van der Waals surface area contributed by atoms with E-state index in [0.717, 1.165) is 16.4 Å². The van der Waals surface area contributed by atoms with Crippen LogP contribution in [-0.4, -0.2) is 31.4 Å². The standard InChI is InChI=1S/C12H13N3O2S/c1-9-6-14-12(18-8-11(16)17)15(9)7-10-2-4-13-5-3-10/h2-6H,7-8H2,1H3,(H,16,17). The van der Waals surface area contributed by atoms with E-state index < -0.39 is 5.97 Å². The van der Waals surface area contributed by atoms with Crippen LogP contribution in [0.25, 0.3) is 0 Å². The molecule has 0 unspecified atom stereocenters. The molecule has 0 aliphatic rings. The highest BCUT2D eigenvalue weighted by molar-refractivity contribution is 7.99. The molecule has 0 aliphatic heterocycles. The third kappa shape index (κ3) is 3.10. The van der Waals surface area contributed by atoms with Crippen molar-refractivity contribution in [3.05, 3.63) is 42.0 Å². The first-order valence-electron chi connectivity index (χ1n) is 5.42. The Hall–Kier alpha value is -1.82. The summed E-state index contributed by atoms with van der Waals surface area (Å²) in [7, 11) is 0. The smallest absolute Gasteiger partial charge is 0.313 e. The maximum absolute atomic E-state index is 10.6. The SMILES string of the molecule is Cc1cnc(SCC(=O)O)n1Cc1ccncc1. The Morgan fingerprint density at radius 1 is 1.44 bits per heavy atom. The summed E-state index contributed by atoms with van der Waals surface area (Å²) in [5.74, 6) is -0.816. The molecule has 0 aliphatic carbocycles. The zero-order chi connectivity index (χ0) is 13.0. The second-order valence-corrected chi connectivity index (χ2v) is 4.75. The van der Waals surface area contributed by atoms with E-state index in [4.69, 9.17) is 5.11 Å². The highest BCUT2D eigenvalue weighted by Gasteiger charge is 2.09. The Morgan fingerprint density at radius 2 is 2.17 bits per heavy atom. The van der Waals surface area contributed by atoms with Crippen molar-refractivity contribution in [2.45, 2.75) is 18.6 Å². The average molecular weight is 263 g/mol. The summed E-state index contributed by atoms with van der Waals surface area (Å²) in [5.41, 5.74) is 2.13. The number of carbonyl (C=O) groups is 1. The lowest BCUT2D eigenvalue weighted by Crippen LogP contribution is -2.05. The molecule has 2 aromatic heterocycles. The molecule has 0 atom stereocenters. The van der Waals surface area contributed by atoms with Crippen molar-refractivity contribution in [3.8, 4) is 0 Å². The number of thioether (sulfide) groups is 1. The molecule has 0 bridgehead atoms. The maximum Gasteiger partial charge on any atom is 0.313 e. The summed E-state index contributed by atoms with van der Waals surface area (Å²) in [6.45, 7) is 2.63. The van der Waals surface area contributed by atoms with Gasteiger partial charge in [-0.2, -0.15) is 0 Å². The summed E-state index contributed by atoms with van der Waals surface area (Å²) >= 11 is 1.23. The number of rotatable bonds is 5. The van der Waals surface area contributed by atoms with Gasteiger partial charge in [0, 0.05) is 30.8 Å². The van der Waals surface area contributed by atoms with Gasteiger partial charge >= 0.3 is 5.97 Å². The number of hydrogen-bond donors (Lipinski definition) is 1. The topological polar surface area (TPSA) is 68.0 Å². The molecule has 0 spiro atoms. The molecule has 0 aromatic carbocycles. The summed E-state index contributed by atoms with van der Waals surface area (Å²) in [4.78, 5) is 18.8. The molecule has 2 rings (SSSR count). The largest absolute Gasteiger partial charge is 0.481 e. The molecule has 0 saturated carbocycles. The average Bonchev–Trinajstić information content (AvgIpc) is 2.70. The summed E-state index contributed by atoms with van der Waals surface area (Å²) < 4.78 is 2.00. The monoisotopic (exact) mass is 263 g/mol. The molecule has 94 valence electrons. The molecular formula is C12H13N3O2S. The van der Waals surface area contributed by atoms with Gasteiger partial charge in [0.2, 0.25) is 0 Å². The van der Waals surface area contributed by atoms with E-state index in [1.807, 2.05) is 23.6 Å². The van der Waals surface area contributed by atoms with Crippen LogP contribution in [-0.2, 0) is 11.3 Å². The minimum atomic E-state index is -0.837. The van der Waals surface area contributed by atoms with Gasteiger partial charge in [-0.3, -0.25) is 9.78 Å². The molecule has 0 fully saturated rings. The molecule has 2 aromatic rings. The molecule has 18 heavy (non-hydrogen) atoms. The van der Waals surface area contributed by atoms with Gasteiger partial charge in [-0.1, -0.05) is 11.8 Å². The van der Waals surface area contributed by atoms with Crippen LogP contribution in [0, 0.1) is 6.92 Å². The first kappa shape index (κ1) is 12.6. The third-order valence-corrected chi connectivity index (χ3v) is 3.41. The molecule has 1 N–H and O–H groups in total. The van der Waals surface area contributed by atoms with Crippen molar-refractivity contribution in [1.29, 1.82) is 0 Å². The van der Waals surface area contributed by atoms with Crippen molar-refractivity contribution in [3.63, 3.8) is 0 Å². The molecule has 0 amide bonds. The normalized spacial score (nSPS) is 10.5. The van der Waals surface area contributed by atoms with Gasteiger partial charge in [-0.25, -0.2) is 4.98 Å². The fourth-order valence-electron chi connectivity index (χ4n) is 1.54. The quantitative estimate of drug-likeness (QED) is 0.833. The Balaban J connectivity index is 2.16. The molecule has 0 saturated heterocycles. The zero-order valence-electron chi connectivity index (χ0n) is 9.91. The first-order valence-corrected chi connectivity index (χ1v) is 6.41. The van der Waals surface area contributed by atoms with E-state index in [0.29, 0.717) is 6.54 Å². The van der Waals surface area contributed by atoms with Gasteiger partial charge in [0.1, 0.15) is 0 Å². The number of aryl methyl sites for hydroxylation is 1. The van der Waals surface area contributed by atoms with Gasteiger partial charge in [0.25, 0.3) is 0 Å². The predicted molar refractivity (Wildman–Crippen MR) is 68.7 cm³/mol. The fourth-order valence-corrected chi connectivity index (χ4v) is 2.29. The Kier molecular flexibility index (Phi) is 3.99. The van der Waals surface area contributed by atoms with Gasteiger partial charge in [0.15, 0.2) is 5.16 Å². The van der Waals surface area contributed by atoms with Crippen molar-refractivity contribution >= 4 is 17.7 Å². The third-order valence-electron chi connectivity index (χ3n) is 2.43. The number of carboxylic acid groups (broad SMARTS) is 1. The van der Waals surface area contributed by atoms with E-state index in [-0.39, 0.29) is 5.75 Å². The number of aromatic nitrogens is 3. The van der Waals surface area contributed by atoms with Crippen molar-refractivity contribution < 1.29 is 9.90 Å². The van der Waals surface area contributed by atoms with E-state index in [1.165, 1.54) is 11.8 Å². The Morgan fingerprint density at radius 3 is 2.83 bits per heavy atom. The van der Waals surface area contributed by atoms with Gasteiger partial charge in [-0.05, 0) is 24.6 Å². The van der Waals surface area contributed by atoms with Crippen LogP contribution in [0.1, 0.15) is 11.3 Å². The molecule has 2 heterocycles. The van der Waals surface area contributed by atoms with Crippen LogP contribution in [0.5, 0.6) is 0 Å². The first-order chi connectivity index (χ1) is 8.66. The molecular weight excluding hydrogens is 250 g/mol. The summed E-state index contributed by atoms with van der Waals surface area (Å²) in [5, 5.41) is 9.42. The van der Waals surface area contributed by atoms with Crippen LogP contribution in [0.2, 0.25) is 0 Å². The maximum atomic E-state index is 10.6. The predicted octanol–water partition coefficient (Wildman–Crippen LogP) is 1.81. The van der Waals surface area contributed by atoms with Crippen LogP contribution in [0.4, 0.5) is 0 Å². The molecule has 5 nitrogen and oxygen atoms in total. The minimum Gasteiger partial charge on any atom is -0.481 e. The van der Waals surface area contributed by atoms with Crippen LogP contribution >= 0.6 is 11.8 Å². The fraction of sp³-hybridized carbons (Fsp3) is 0.250. The number of hydrogen-bond acceptors (Lipinski definition) is 4. The zero-order valence-corrected chi connectivity index (χ0v) is 10.7. The van der Waals surface area contributed by atoms with Crippen molar-refractivity contribution in [2.24, 2.45) is 0 Å². The van der Waals surface area contributed by atoms with E-state index in [2.05, 4.69) is 9.97 Å². The van der Waals surface area contributed by atoms with Gasteiger partial charge < -0.3 is 9.67 Å². The Bertz CT molecular complexity index is 540. The van der Waals surface area contributed by atoms with Gasteiger partial charge in [-0.15, -0.1) is 0 Å². The number of imidazole rings is 1. The van der Waals surface area contributed by atoms with E-state index >= 15 is 0 Å². The molecule has 6 heteroatoms. The van der Waals surface area contributed by atoms with Crippen LogP contribution in [0.15, 0.2) is 35.9 Å². The van der Waals surface area contributed by atoms with E-state index in [9.17, 15) is 4.79 Å². The van der Waals surface area contributed by atoms with Crippen LogP contribution in [0.3, 0.4) is 0 Å². The number of nitrogens with zero attached hydrogens (tertiary/aromatic N) is 3. The Labute approximate surface area is 109 Å².